The SMILES string of the molecule is NC(=O)C1CCCN(C(=O)c2cnc(-c3ccc4c(c3)OCO4)nc2Nc2cccc(F)c2)C1. The van der Waals surface area contributed by atoms with E-state index >= 15 is 0 Å². The van der Waals surface area contributed by atoms with Gasteiger partial charge in [0.05, 0.1) is 5.92 Å². The molecule has 3 N–H and O–H groups in total. The maximum absolute atomic E-state index is 13.8. The number of nitrogens with two attached hydrogens (primary N) is 1. The van der Waals surface area contributed by atoms with Crippen molar-refractivity contribution in [2.75, 3.05) is 25.2 Å². The fourth-order valence-corrected chi connectivity index (χ4v) is 4.08. The molecule has 34 heavy (non-hydrogen) atoms. The zero-order valence-corrected chi connectivity index (χ0v) is 18.2. The van der Waals surface area contributed by atoms with Crippen LogP contribution in [-0.2, 0) is 4.79 Å². The highest BCUT2D eigenvalue weighted by molar-refractivity contribution is 5.99. The summed E-state index contributed by atoms with van der Waals surface area (Å²) in [4.78, 5) is 35.6. The van der Waals surface area contributed by atoms with Crippen molar-refractivity contribution in [3.05, 3.63) is 60.0 Å². The molecule has 3 aromatic rings. The van der Waals surface area contributed by atoms with E-state index in [0.717, 1.165) is 0 Å². The van der Waals surface area contributed by atoms with Gasteiger partial charge in [0.15, 0.2) is 17.3 Å². The molecule has 5 rings (SSSR count). The first-order valence-corrected chi connectivity index (χ1v) is 10.9. The number of hydrogen-bond acceptors (Lipinski definition) is 7. The Labute approximate surface area is 194 Å². The molecule has 1 aromatic heterocycles. The lowest BCUT2D eigenvalue weighted by Gasteiger charge is -2.31. The Hall–Kier alpha value is -4.21. The summed E-state index contributed by atoms with van der Waals surface area (Å²) >= 11 is 0. The summed E-state index contributed by atoms with van der Waals surface area (Å²) in [6, 6.07) is 11.2. The number of nitrogens with zero attached hydrogens (tertiary/aromatic N) is 3. The topological polar surface area (TPSA) is 120 Å². The molecule has 0 aliphatic carbocycles. The molecule has 0 bridgehead atoms. The predicted octanol–water partition coefficient (Wildman–Crippen LogP) is 3.09. The van der Waals surface area contributed by atoms with Crippen molar-refractivity contribution in [3.63, 3.8) is 0 Å². The quantitative estimate of drug-likeness (QED) is 0.597. The van der Waals surface area contributed by atoms with E-state index in [1.54, 1.807) is 35.2 Å². The lowest BCUT2D eigenvalue weighted by atomic mass is 9.97. The number of primary amides is 1. The minimum Gasteiger partial charge on any atom is -0.454 e. The summed E-state index contributed by atoms with van der Waals surface area (Å²) in [5, 5.41) is 3.04. The fourth-order valence-electron chi connectivity index (χ4n) is 4.08. The van der Waals surface area contributed by atoms with Gasteiger partial charge in [0.25, 0.3) is 5.91 Å². The number of rotatable bonds is 5. The number of carbonyl (C=O) groups excluding carboxylic acids is 2. The van der Waals surface area contributed by atoms with E-state index < -0.39 is 17.6 Å². The molecule has 1 fully saturated rings. The maximum atomic E-state index is 13.8. The van der Waals surface area contributed by atoms with Crippen LogP contribution in [0.1, 0.15) is 23.2 Å². The second kappa shape index (κ2) is 8.97. The first-order valence-electron chi connectivity index (χ1n) is 10.9. The lowest BCUT2D eigenvalue weighted by molar-refractivity contribution is -0.123. The van der Waals surface area contributed by atoms with Gasteiger partial charge in [0, 0.05) is 30.5 Å². The molecule has 2 amide bonds. The van der Waals surface area contributed by atoms with Gasteiger partial charge in [0.1, 0.15) is 17.2 Å². The number of ether oxygens (including phenoxy) is 2. The van der Waals surface area contributed by atoms with Gasteiger partial charge >= 0.3 is 0 Å². The Bertz CT molecular complexity index is 1270. The molecule has 3 heterocycles. The molecule has 1 unspecified atom stereocenters. The highest BCUT2D eigenvalue weighted by Crippen LogP contribution is 2.35. The third-order valence-electron chi connectivity index (χ3n) is 5.85. The van der Waals surface area contributed by atoms with Crippen LogP contribution in [0.3, 0.4) is 0 Å². The zero-order chi connectivity index (χ0) is 23.7. The van der Waals surface area contributed by atoms with Crippen LogP contribution >= 0.6 is 0 Å². The van der Waals surface area contributed by atoms with Crippen LogP contribution in [0.2, 0.25) is 0 Å². The number of piperidine rings is 1. The van der Waals surface area contributed by atoms with E-state index in [1.807, 2.05) is 0 Å². The highest BCUT2D eigenvalue weighted by Gasteiger charge is 2.29. The normalized spacial score (nSPS) is 16.9. The number of benzene rings is 2. The molecule has 0 radical (unpaired) electrons. The van der Waals surface area contributed by atoms with Crippen LogP contribution in [-0.4, -0.2) is 46.6 Å². The molecule has 1 atom stereocenters. The second-order valence-corrected chi connectivity index (χ2v) is 8.15. The summed E-state index contributed by atoms with van der Waals surface area (Å²) in [5.41, 5.74) is 6.77. The average molecular weight is 463 g/mol. The van der Waals surface area contributed by atoms with Gasteiger partial charge in [-0.15, -0.1) is 0 Å². The Morgan fingerprint density at radius 3 is 2.82 bits per heavy atom. The molecule has 2 aromatic carbocycles. The summed E-state index contributed by atoms with van der Waals surface area (Å²) in [6.45, 7) is 0.866. The van der Waals surface area contributed by atoms with Gasteiger partial charge in [-0.2, -0.15) is 0 Å². The van der Waals surface area contributed by atoms with Crippen molar-refractivity contribution in [1.29, 1.82) is 0 Å². The van der Waals surface area contributed by atoms with E-state index in [-0.39, 0.29) is 30.6 Å². The van der Waals surface area contributed by atoms with Crippen molar-refractivity contribution in [3.8, 4) is 22.9 Å². The molecule has 174 valence electrons. The van der Waals surface area contributed by atoms with Gasteiger partial charge in [0.2, 0.25) is 12.7 Å². The van der Waals surface area contributed by atoms with E-state index in [0.29, 0.717) is 48.0 Å². The Kier molecular flexibility index (Phi) is 5.70. The first-order chi connectivity index (χ1) is 16.5. The molecule has 0 spiro atoms. The number of likely N-dealkylation sites (tertiary alicyclic amines) is 1. The van der Waals surface area contributed by atoms with Crippen molar-refractivity contribution in [2.24, 2.45) is 11.7 Å². The predicted molar refractivity (Wildman–Crippen MR) is 121 cm³/mol. The maximum Gasteiger partial charge on any atom is 0.259 e. The van der Waals surface area contributed by atoms with Crippen LogP contribution in [0, 0.1) is 11.7 Å². The molecular weight excluding hydrogens is 441 g/mol. The molecule has 0 saturated carbocycles. The fraction of sp³-hybridized carbons (Fsp3) is 0.250. The van der Waals surface area contributed by atoms with Gasteiger partial charge in [-0.3, -0.25) is 9.59 Å². The van der Waals surface area contributed by atoms with Gasteiger partial charge in [-0.05, 0) is 49.2 Å². The van der Waals surface area contributed by atoms with Crippen LogP contribution in [0.5, 0.6) is 11.5 Å². The molecular formula is C24H22FN5O4. The summed E-state index contributed by atoms with van der Waals surface area (Å²) in [7, 11) is 0. The minimum atomic E-state index is -0.428. The van der Waals surface area contributed by atoms with E-state index in [2.05, 4.69) is 15.3 Å². The minimum absolute atomic E-state index is 0.140. The third kappa shape index (κ3) is 4.34. The number of fused-ring (bicyclic) bond motifs is 1. The standard InChI is InChI=1S/C24H22FN5O4/c25-16-4-1-5-17(10-16)28-23-18(24(32)30-8-2-3-15(12-30)21(26)31)11-27-22(29-23)14-6-7-19-20(9-14)34-13-33-19/h1,4-7,9-11,15H,2-3,8,12-13H2,(H2,26,31)(H,27,28,29). The highest BCUT2D eigenvalue weighted by atomic mass is 19.1. The van der Waals surface area contributed by atoms with Crippen LogP contribution in [0.25, 0.3) is 11.4 Å². The molecule has 2 aliphatic heterocycles. The number of nitrogens with one attached hydrogen (secondary N) is 1. The van der Waals surface area contributed by atoms with E-state index in [4.69, 9.17) is 15.2 Å². The summed E-state index contributed by atoms with van der Waals surface area (Å²) < 4.78 is 24.6. The number of carbonyl (C=O) groups is 2. The number of anilines is 2. The van der Waals surface area contributed by atoms with Gasteiger partial charge in [-0.25, -0.2) is 14.4 Å². The Morgan fingerprint density at radius 2 is 2.00 bits per heavy atom. The zero-order valence-electron chi connectivity index (χ0n) is 18.2. The lowest BCUT2D eigenvalue weighted by Crippen LogP contribution is -2.44. The monoisotopic (exact) mass is 463 g/mol. The molecule has 1 saturated heterocycles. The number of aromatic nitrogens is 2. The van der Waals surface area contributed by atoms with Crippen LogP contribution < -0.4 is 20.5 Å². The summed E-state index contributed by atoms with van der Waals surface area (Å²) in [6.07, 6.45) is 2.75. The van der Waals surface area contributed by atoms with Gasteiger partial charge in [-0.1, -0.05) is 6.07 Å². The first kappa shape index (κ1) is 21.6. The average Bonchev–Trinajstić information content (AvgIpc) is 3.32. The number of halogens is 1. The van der Waals surface area contributed by atoms with Crippen LogP contribution in [0.15, 0.2) is 48.7 Å². The molecule has 9 nitrogen and oxygen atoms in total. The second-order valence-electron chi connectivity index (χ2n) is 8.15. The number of amides is 2. The van der Waals surface area contributed by atoms with Crippen molar-refractivity contribution >= 4 is 23.3 Å². The van der Waals surface area contributed by atoms with Crippen molar-refractivity contribution in [1.82, 2.24) is 14.9 Å². The van der Waals surface area contributed by atoms with Crippen molar-refractivity contribution in [2.45, 2.75) is 12.8 Å². The Balaban J connectivity index is 1.51. The number of hydrogen-bond donors (Lipinski definition) is 2. The summed E-state index contributed by atoms with van der Waals surface area (Å²) in [5.74, 6) is 0.192. The Morgan fingerprint density at radius 1 is 1.15 bits per heavy atom. The molecule has 10 heteroatoms. The van der Waals surface area contributed by atoms with E-state index in [9.17, 15) is 14.0 Å². The van der Waals surface area contributed by atoms with Crippen molar-refractivity contribution < 1.29 is 23.5 Å². The third-order valence-corrected chi connectivity index (χ3v) is 5.85. The van der Waals surface area contributed by atoms with Gasteiger partial charge < -0.3 is 25.4 Å². The smallest absolute Gasteiger partial charge is 0.259 e. The van der Waals surface area contributed by atoms with Crippen LogP contribution in [0.4, 0.5) is 15.9 Å². The molecule has 2 aliphatic rings. The van der Waals surface area contributed by atoms with E-state index in [1.165, 1.54) is 18.3 Å². The largest absolute Gasteiger partial charge is 0.454 e.